The van der Waals surface area contributed by atoms with E-state index in [9.17, 15) is 0 Å². The molecule has 6 heteroatoms. The fourth-order valence-corrected chi connectivity index (χ4v) is 4.55. The highest BCUT2D eigenvalue weighted by Gasteiger charge is 2.34. The van der Waals surface area contributed by atoms with E-state index in [4.69, 9.17) is 0 Å². The van der Waals surface area contributed by atoms with Crippen molar-refractivity contribution in [3.8, 4) is 0 Å². The zero-order chi connectivity index (χ0) is 17.1. The van der Waals surface area contributed by atoms with E-state index in [0.29, 0.717) is 6.54 Å². The molecule has 1 N–H and O–H groups in total. The number of quaternary nitrogens is 1. The number of thiophene rings is 1. The fourth-order valence-electron chi connectivity index (χ4n) is 3.68. The van der Waals surface area contributed by atoms with Crippen LogP contribution in [-0.4, -0.2) is 33.3 Å². The molecule has 1 aliphatic heterocycles. The molecule has 1 aromatic carbocycles. The number of rotatable bonds is 5. The lowest BCUT2D eigenvalue weighted by Gasteiger charge is -2.32. The first kappa shape index (κ1) is 16.4. The van der Waals surface area contributed by atoms with Crippen molar-refractivity contribution in [2.75, 3.05) is 13.1 Å². The molecular weight excluding hydrogens is 330 g/mol. The van der Waals surface area contributed by atoms with Crippen molar-refractivity contribution in [3.63, 3.8) is 0 Å². The minimum absolute atomic E-state index is 0.228. The van der Waals surface area contributed by atoms with Crippen LogP contribution in [0, 0.1) is 5.92 Å². The molecule has 1 saturated heterocycles. The van der Waals surface area contributed by atoms with E-state index in [1.165, 1.54) is 36.4 Å². The quantitative estimate of drug-likeness (QED) is 0.764. The van der Waals surface area contributed by atoms with Crippen LogP contribution in [0.25, 0.3) is 0 Å². The Morgan fingerprint density at radius 1 is 1.16 bits per heavy atom. The summed E-state index contributed by atoms with van der Waals surface area (Å²) in [6, 6.07) is 15.0. The number of nitrogens with zero attached hydrogens (tertiary/aromatic N) is 4. The molecule has 3 heterocycles. The first-order valence-electron chi connectivity index (χ1n) is 8.99. The summed E-state index contributed by atoms with van der Waals surface area (Å²) >= 11 is 1.81. The molecular formula is C19H24N5S+. The number of hydrogen-bond donors (Lipinski definition) is 1. The Morgan fingerprint density at radius 3 is 2.68 bits per heavy atom. The first-order chi connectivity index (χ1) is 12.3. The number of aromatic nitrogens is 4. The van der Waals surface area contributed by atoms with E-state index in [1.54, 1.807) is 4.90 Å². The van der Waals surface area contributed by atoms with Gasteiger partial charge in [-0.1, -0.05) is 43.3 Å². The molecule has 0 unspecified atom stereocenters. The highest BCUT2D eigenvalue weighted by molar-refractivity contribution is 7.10. The Labute approximate surface area is 152 Å². The van der Waals surface area contributed by atoms with Crippen LogP contribution in [0.15, 0.2) is 47.8 Å². The van der Waals surface area contributed by atoms with Crippen molar-refractivity contribution in [2.24, 2.45) is 5.92 Å². The number of likely N-dealkylation sites (tertiary alicyclic amines) is 1. The predicted molar refractivity (Wildman–Crippen MR) is 98.6 cm³/mol. The van der Waals surface area contributed by atoms with Crippen LogP contribution in [0.2, 0.25) is 0 Å². The standard InChI is InChI=1S/C19H23N5S/c1-15-9-11-23(12-10-15)18(17-8-5-13-25-17)19-20-21-22-24(19)14-16-6-3-2-4-7-16/h2-8,13,15,18H,9-12,14H2,1H3/p+1/t18-/m1/s1. The van der Waals surface area contributed by atoms with Gasteiger partial charge in [-0.2, -0.15) is 0 Å². The summed E-state index contributed by atoms with van der Waals surface area (Å²) in [5.41, 5.74) is 1.23. The Kier molecular flexibility index (Phi) is 4.90. The molecule has 130 valence electrons. The van der Waals surface area contributed by atoms with Crippen molar-refractivity contribution < 1.29 is 4.90 Å². The number of nitrogens with one attached hydrogen (secondary N) is 1. The third kappa shape index (κ3) is 3.65. The molecule has 0 amide bonds. The molecule has 1 fully saturated rings. The summed E-state index contributed by atoms with van der Waals surface area (Å²) in [7, 11) is 0. The largest absolute Gasteiger partial charge is 0.322 e. The van der Waals surface area contributed by atoms with Crippen LogP contribution in [0.1, 0.15) is 42.1 Å². The summed E-state index contributed by atoms with van der Waals surface area (Å²) in [6.45, 7) is 5.44. The Balaban J connectivity index is 1.65. The van der Waals surface area contributed by atoms with Gasteiger partial charge in [0.15, 0.2) is 6.04 Å². The fraction of sp³-hybridized carbons (Fsp3) is 0.421. The zero-order valence-electron chi connectivity index (χ0n) is 14.5. The molecule has 25 heavy (non-hydrogen) atoms. The van der Waals surface area contributed by atoms with E-state index in [0.717, 1.165) is 11.7 Å². The third-order valence-corrected chi connectivity index (χ3v) is 6.08. The maximum absolute atomic E-state index is 4.45. The van der Waals surface area contributed by atoms with Gasteiger partial charge in [0.1, 0.15) is 0 Å². The van der Waals surface area contributed by atoms with E-state index >= 15 is 0 Å². The SMILES string of the molecule is CC1CC[NH+]([C@H](c2cccs2)c2nnnn2Cc2ccccc2)CC1. The van der Waals surface area contributed by atoms with Crippen LogP contribution >= 0.6 is 11.3 Å². The molecule has 0 aliphatic carbocycles. The minimum Gasteiger partial charge on any atom is -0.322 e. The van der Waals surface area contributed by atoms with Gasteiger partial charge >= 0.3 is 0 Å². The maximum Gasteiger partial charge on any atom is 0.215 e. The van der Waals surface area contributed by atoms with Crippen molar-refractivity contribution in [1.29, 1.82) is 0 Å². The zero-order valence-corrected chi connectivity index (χ0v) is 15.3. The summed E-state index contributed by atoms with van der Waals surface area (Å²) in [4.78, 5) is 2.94. The molecule has 3 aromatic rings. The summed E-state index contributed by atoms with van der Waals surface area (Å²) in [6.07, 6.45) is 2.55. The van der Waals surface area contributed by atoms with Gasteiger partial charge in [0.05, 0.1) is 24.5 Å². The molecule has 0 spiro atoms. The van der Waals surface area contributed by atoms with Gasteiger partial charge in [0.25, 0.3) is 0 Å². The molecule has 0 saturated carbocycles. The second kappa shape index (κ2) is 7.45. The monoisotopic (exact) mass is 354 g/mol. The minimum atomic E-state index is 0.228. The summed E-state index contributed by atoms with van der Waals surface area (Å²) in [5, 5.41) is 14.9. The molecule has 0 radical (unpaired) electrons. The predicted octanol–water partition coefficient (Wildman–Crippen LogP) is 2.19. The van der Waals surface area contributed by atoms with E-state index in [1.807, 2.05) is 22.1 Å². The average molecular weight is 355 g/mol. The van der Waals surface area contributed by atoms with Crippen LogP contribution in [-0.2, 0) is 6.54 Å². The van der Waals surface area contributed by atoms with Crippen LogP contribution in [0.3, 0.4) is 0 Å². The van der Waals surface area contributed by atoms with Gasteiger partial charge in [-0.05, 0) is 46.2 Å². The third-order valence-electron chi connectivity index (χ3n) is 5.15. The number of hydrogen-bond acceptors (Lipinski definition) is 4. The van der Waals surface area contributed by atoms with Crippen molar-refractivity contribution in [2.45, 2.75) is 32.4 Å². The highest BCUT2D eigenvalue weighted by Crippen LogP contribution is 2.23. The molecule has 1 aliphatic rings. The maximum atomic E-state index is 4.45. The van der Waals surface area contributed by atoms with Crippen LogP contribution in [0.5, 0.6) is 0 Å². The first-order valence-corrected chi connectivity index (χ1v) is 9.87. The lowest BCUT2D eigenvalue weighted by atomic mass is 9.97. The van der Waals surface area contributed by atoms with E-state index in [-0.39, 0.29) is 6.04 Å². The second-order valence-corrected chi connectivity index (χ2v) is 7.95. The van der Waals surface area contributed by atoms with Gasteiger partial charge in [-0.25, -0.2) is 4.68 Å². The lowest BCUT2D eigenvalue weighted by molar-refractivity contribution is -0.931. The lowest BCUT2D eigenvalue weighted by Crippen LogP contribution is -3.13. The Morgan fingerprint density at radius 2 is 1.96 bits per heavy atom. The smallest absolute Gasteiger partial charge is 0.215 e. The Hall–Kier alpha value is -2.05. The molecule has 5 nitrogen and oxygen atoms in total. The Bertz CT molecular complexity index is 775. The number of benzene rings is 1. The molecule has 0 bridgehead atoms. The van der Waals surface area contributed by atoms with E-state index < -0.39 is 0 Å². The average Bonchev–Trinajstić information content (AvgIpc) is 3.31. The van der Waals surface area contributed by atoms with Gasteiger partial charge in [0.2, 0.25) is 5.82 Å². The van der Waals surface area contributed by atoms with Crippen molar-refractivity contribution in [1.82, 2.24) is 20.2 Å². The van der Waals surface area contributed by atoms with Crippen LogP contribution in [0.4, 0.5) is 0 Å². The number of tetrazole rings is 1. The van der Waals surface area contributed by atoms with Gasteiger partial charge < -0.3 is 4.90 Å². The second-order valence-electron chi connectivity index (χ2n) is 6.97. The highest BCUT2D eigenvalue weighted by atomic mass is 32.1. The van der Waals surface area contributed by atoms with Crippen molar-refractivity contribution >= 4 is 11.3 Å². The number of piperidine rings is 1. The summed E-state index contributed by atoms with van der Waals surface area (Å²) < 4.78 is 1.98. The molecule has 4 rings (SSSR count). The van der Waals surface area contributed by atoms with E-state index in [2.05, 4.69) is 64.2 Å². The van der Waals surface area contributed by atoms with Crippen molar-refractivity contribution in [3.05, 3.63) is 64.1 Å². The van der Waals surface area contributed by atoms with Gasteiger partial charge in [-0.3, -0.25) is 0 Å². The molecule has 2 aromatic heterocycles. The topological polar surface area (TPSA) is 48.0 Å². The van der Waals surface area contributed by atoms with Gasteiger partial charge in [0, 0.05) is 0 Å². The molecule has 1 atom stereocenters. The summed E-state index contributed by atoms with van der Waals surface area (Å²) in [5.74, 6) is 1.81. The normalized spacial score (nSPS) is 22.0. The van der Waals surface area contributed by atoms with Crippen LogP contribution < -0.4 is 4.90 Å². The van der Waals surface area contributed by atoms with Gasteiger partial charge in [-0.15, -0.1) is 16.4 Å².